The van der Waals surface area contributed by atoms with Gasteiger partial charge in [-0.2, -0.15) is 0 Å². The van der Waals surface area contributed by atoms with Crippen LogP contribution < -0.4 is 9.64 Å². The first kappa shape index (κ1) is 24.1. The molecule has 2 aromatic rings. The molecule has 9 nitrogen and oxygen atoms in total. The molecule has 3 rings (SSSR count). The second-order valence-corrected chi connectivity index (χ2v) is 7.79. The topological polar surface area (TPSA) is 96.4 Å². The second-order valence-electron chi connectivity index (χ2n) is 6.85. The number of hydrogen-bond acceptors (Lipinski definition) is 9. The van der Waals surface area contributed by atoms with Crippen molar-refractivity contribution in [3.05, 3.63) is 28.6 Å². The number of ether oxygens (including phenoxy) is 5. The van der Waals surface area contributed by atoms with E-state index >= 15 is 0 Å². The molecule has 2 heterocycles. The number of amides is 1. The van der Waals surface area contributed by atoms with Crippen LogP contribution in [0, 0.1) is 0 Å². The van der Waals surface area contributed by atoms with Gasteiger partial charge in [0.25, 0.3) is 5.91 Å². The van der Waals surface area contributed by atoms with Crippen molar-refractivity contribution in [3.8, 4) is 17.0 Å². The SMILES string of the molecule is CCOCCOCCOC(=O)CN1C(=O)COc2ccc(-c3csc(CCOC)n3)cc21. The highest BCUT2D eigenvalue weighted by Crippen LogP contribution is 2.36. The van der Waals surface area contributed by atoms with Gasteiger partial charge in [-0.3, -0.25) is 14.5 Å². The Morgan fingerprint density at radius 3 is 2.81 bits per heavy atom. The zero-order valence-corrected chi connectivity index (χ0v) is 19.2. The number of aromatic nitrogens is 1. The maximum absolute atomic E-state index is 12.5. The normalized spacial score (nSPS) is 13.1. The largest absolute Gasteiger partial charge is 0.482 e. The van der Waals surface area contributed by atoms with Crippen LogP contribution >= 0.6 is 11.3 Å². The average Bonchev–Trinajstić information content (AvgIpc) is 3.27. The van der Waals surface area contributed by atoms with Crippen LogP contribution in [0.5, 0.6) is 5.75 Å². The van der Waals surface area contributed by atoms with E-state index in [-0.39, 0.29) is 32.3 Å². The number of hydrogen-bond donors (Lipinski definition) is 0. The number of nitrogens with zero attached hydrogens (tertiary/aromatic N) is 2. The lowest BCUT2D eigenvalue weighted by molar-refractivity contribution is -0.144. The molecule has 174 valence electrons. The van der Waals surface area contributed by atoms with Crippen LogP contribution in [0.4, 0.5) is 5.69 Å². The van der Waals surface area contributed by atoms with E-state index in [4.69, 9.17) is 23.7 Å². The molecule has 1 aliphatic heterocycles. The molecular weight excluding hydrogens is 436 g/mol. The lowest BCUT2D eigenvalue weighted by atomic mass is 10.1. The Labute approximate surface area is 191 Å². The first-order chi connectivity index (χ1) is 15.6. The third-order valence-electron chi connectivity index (χ3n) is 4.62. The van der Waals surface area contributed by atoms with E-state index < -0.39 is 5.97 Å². The van der Waals surface area contributed by atoms with Gasteiger partial charge in [-0.25, -0.2) is 4.98 Å². The van der Waals surface area contributed by atoms with E-state index in [0.717, 1.165) is 22.7 Å². The summed E-state index contributed by atoms with van der Waals surface area (Å²) in [4.78, 5) is 30.8. The van der Waals surface area contributed by atoms with Gasteiger partial charge in [-0.05, 0) is 25.1 Å². The van der Waals surface area contributed by atoms with Crippen molar-refractivity contribution in [2.24, 2.45) is 0 Å². The third-order valence-corrected chi connectivity index (χ3v) is 5.53. The van der Waals surface area contributed by atoms with Gasteiger partial charge in [0, 0.05) is 31.1 Å². The van der Waals surface area contributed by atoms with Crippen LogP contribution in [-0.2, 0) is 35.0 Å². The number of benzene rings is 1. The van der Waals surface area contributed by atoms with E-state index in [9.17, 15) is 9.59 Å². The fraction of sp³-hybridized carbons (Fsp3) is 0.500. The molecular formula is C22H28N2O7S. The van der Waals surface area contributed by atoms with Crippen molar-refractivity contribution in [3.63, 3.8) is 0 Å². The monoisotopic (exact) mass is 464 g/mol. The predicted octanol–water partition coefficient (Wildman–Crippen LogP) is 2.32. The van der Waals surface area contributed by atoms with E-state index in [1.54, 1.807) is 24.5 Å². The van der Waals surface area contributed by atoms with Crippen molar-refractivity contribution in [1.29, 1.82) is 0 Å². The van der Waals surface area contributed by atoms with Crippen LogP contribution in [0.15, 0.2) is 23.6 Å². The molecule has 0 aliphatic carbocycles. The second kappa shape index (κ2) is 12.5. The number of thiazole rings is 1. The molecule has 0 fully saturated rings. The zero-order chi connectivity index (χ0) is 22.8. The lowest BCUT2D eigenvalue weighted by Crippen LogP contribution is -2.42. The van der Waals surface area contributed by atoms with E-state index in [0.29, 0.717) is 37.9 Å². The summed E-state index contributed by atoms with van der Waals surface area (Å²) in [5, 5.41) is 2.93. The van der Waals surface area contributed by atoms with Crippen molar-refractivity contribution in [1.82, 2.24) is 4.98 Å². The molecule has 1 aliphatic rings. The first-order valence-corrected chi connectivity index (χ1v) is 11.3. The number of rotatable bonds is 13. The third kappa shape index (κ3) is 6.73. The van der Waals surface area contributed by atoms with Crippen molar-refractivity contribution in [2.45, 2.75) is 13.3 Å². The van der Waals surface area contributed by atoms with Crippen molar-refractivity contribution < 1.29 is 33.3 Å². The number of carbonyl (C=O) groups is 2. The summed E-state index contributed by atoms with van der Waals surface area (Å²) in [6, 6.07) is 5.49. The van der Waals surface area contributed by atoms with E-state index in [1.165, 1.54) is 4.90 Å². The summed E-state index contributed by atoms with van der Waals surface area (Å²) in [5.41, 5.74) is 2.16. The number of carbonyl (C=O) groups excluding carboxylic acids is 2. The highest BCUT2D eigenvalue weighted by molar-refractivity contribution is 7.09. The Morgan fingerprint density at radius 1 is 1.19 bits per heavy atom. The van der Waals surface area contributed by atoms with Gasteiger partial charge in [0.2, 0.25) is 0 Å². The molecule has 0 atom stereocenters. The van der Waals surface area contributed by atoms with Crippen molar-refractivity contribution >= 4 is 28.9 Å². The Hall–Kier alpha value is -2.53. The maximum atomic E-state index is 12.5. The summed E-state index contributed by atoms with van der Waals surface area (Å²) in [6.45, 7) is 4.13. The van der Waals surface area contributed by atoms with Gasteiger partial charge in [0.05, 0.1) is 42.8 Å². The number of esters is 1. The summed E-state index contributed by atoms with van der Waals surface area (Å²) in [7, 11) is 1.66. The fourth-order valence-electron chi connectivity index (χ4n) is 3.04. The fourth-order valence-corrected chi connectivity index (χ4v) is 3.82. The Balaban J connectivity index is 1.61. The maximum Gasteiger partial charge on any atom is 0.326 e. The summed E-state index contributed by atoms with van der Waals surface area (Å²) in [5.74, 6) is -0.283. The van der Waals surface area contributed by atoms with Gasteiger partial charge in [0.1, 0.15) is 18.9 Å². The molecule has 10 heteroatoms. The summed E-state index contributed by atoms with van der Waals surface area (Å²) < 4.78 is 26.3. The van der Waals surface area contributed by atoms with Crippen LogP contribution in [0.2, 0.25) is 0 Å². The highest BCUT2D eigenvalue weighted by Gasteiger charge is 2.28. The van der Waals surface area contributed by atoms with Gasteiger partial charge >= 0.3 is 5.97 Å². The minimum absolute atomic E-state index is 0.111. The number of fused-ring (bicyclic) bond motifs is 1. The molecule has 32 heavy (non-hydrogen) atoms. The van der Waals surface area contributed by atoms with Gasteiger partial charge in [-0.1, -0.05) is 0 Å². The van der Waals surface area contributed by atoms with Crippen LogP contribution in [0.3, 0.4) is 0 Å². The Kier molecular flexibility index (Phi) is 9.42. The van der Waals surface area contributed by atoms with E-state index in [1.807, 2.05) is 24.4 Å². The minimum atomic E-state index is -0.513. The Bertz CT molecular complexity index is 902. The molecule has 0 spiro atoms. The molecule has 0 bridgehead atoms. The number of methoxy groups -OCH3 is 1. The van der Waals surface area contributed by atoms with Gasteiger partial charge in [0.15, 0.2) is 6.61 Å². The van der Waals surface area contributed by atoms with Crippen LogP contribution in [-0.4, -0.2) is 76.8 Å². The molecule has 1 aromatic heterocycles. The average molecular weight is 465 g/mol. The Morgan fingerprint density at radius 2 is 2.00 bits per heavy atom. The molecule has 0 N–H and O–H groups in total. The van der Waals surface area contributed by atoms with Crippen molar-refractivity contribution in [2.75, 3.05) is 64.8 Å². The summed E-state index contributed by atoms with van der Waals surface area (Å²) >= 11 is 1.55. The predicted molar refractivity (Wildman–Crippen MR) is 119 cm³/mol. The quantitative estimate of drug-likeness (QED) is 0.329. The standard InChI is InChI=1S/C22H28N2O7S/c1-3-28-8-9-29-10-11-30-22(26)13-24-18-12-16(4-5-19(18)31-14-21(24)25)17-15-32-20(23-17)6-7-27-2/h4-5,12,15H,3,6-11,13-14H2,1-2H3. The first-order valence-electron chi connectivity index (χ1n) is 10.4. The molecule has 0 unspecified atom stereocenters. The highest BCUT2D eigenvalue weighted by atomic mass is 32.1. The molecule has 1 aromatic carbocycles. The zero-order valence-electron chi connectivity index (χ0n) is 18.3. The summed E-state index contributed by atoms with van der Waals surface area (Å²) in [6.07, 6.45) is 0.737. The van der Waals surface area contributed by atoms with Crippen LogP contribution in [0.1, 0.15) is 11.9 Å². The minimum Gasteiger partial charge on any atom is -0.482 e. The molecule has 0 saturated heterocycles. The lowest BCUT2D eigenvalue weighted by Gasteiger charge is -2.29. The van der Waals surface area contributed by atoms with E-state index in [2.05, 4.69) is 4.98 Å². The smallest absolute Gasteiger partial charge is 0.326 e. The number of anilines is 1. The van der Waals surface area contributed by atoms with Gasteiger partial charge < -0.3 is 23.7 Å². The molecule has 0 radical (unpaired) electrons. The van der Waals surface area contributed by atoms with Gasteiger partial charge in [-0.15, -0.1) is 11.3 Å². The molecule has 1 amide bonds. The van der Waals surface area contributed by atoms with Crippen LogP contribution in [0.25, 0.3) is 11.3 Å². The molecule has 0 saturated carbocycles.